The van der Waals surface area contributed by atoms with Crippen molar-refractivity contribution in [3.63, 3.8) is 0 Å². The summed E-state index contributed by atoms with van der Waals surface area (Å²) in [5, 5.41) is 31.6. The van der Waals surface area contributed by atoms with Crippen LogP contribution in [0.2, 0.25) is 0 Å². The molecule has 1 aromatic carbocycles. The first-order chi connectivity index (χ1) is 14.8. The van der Waals surface area contributed by atoms with Crippen LogP contribution in [-0.4, -0.2) is 68.6 Å². The van der Waals surface area contributed by atoms with Gasteiger partial charge in [-0.05, 0) is 31.0 Å². The lowest BCUT2D eigenvalue weighted by atomic mass is 9.84. The number of non-ortho nitro benzene ring substituents is 1. The molecular formula is C19H26N2O8S2. The Hall–Kier alpha value is -2.02. The number of amides is 1. The van der Waals surface area contributed by atoms with Crippen LogP contribution in [0.3, 0.4) is 0 Å². The van der Waals surface area contributed by atoms with Gasteiger partial charge in [0.05, 0.1) is 28.6 Å². The Morgan fingerprint density at radius 3 is 2.35 bits per heavy atom. The van der Waals surface area contributed by atoms with E-state index in [0.717, 1.165) is 0 Å². The number of carbonyl (C=O) groups is 2. The van der Waals surface area contributed by atoms with Crippen molar-refractivity contribution in [1.82, 2.24) is 5.32 Å². The zero-order chi connectivity index (χ0) is 22.8. The molecule has 1 amide bonds. The van der Waals surface area contributed by atoms with Gasteiger partial charge >= 0.3 is 6.16 Å². The molecule has 1 heterocycles. The second kappa shape index (κ2) is 12.7. The second-order valence-corrected chi connectivity index (χ2v) is 9.70. The largest absolute Gasteiger partial charge is 0.508 e. The van der Waals surface area contributed by atoms with Gasteiger partial charge in [0.1, 0.15) is 12.7 Å². The van der Waals surface area contributed by atoms with Crippen LogP contribution in [0.1, 0.15) is 18.9 Å². The maximum atomic E-state index is 12.0. The van der Waals surface area contributed by atoms with Gasteiger partial charge in [-0.1, -0.05) is 0 Å². The SMILES string of the molecule is CC(OC(=O)OCc1ccc([N+](=O)[O-])cc1)[C@@H]1C(=O)N[C@H]1CC(SCCO)SCCO. The molecule has 0 bridgehead atoms. The van der Waals surface area contributed by atoms with Gasteiger partial charge in [-0.2, -0.15) is 0 Å². The first kappa shape index (κ1) is 25.2. The molecule has 31 heavy (non-hydrogen) atoms. The van der Waals surface area contributed by atoms with E-state index in [4.69, 9.17) is 19.7 Å². The number of aliphatic hydroxyl groups is 2. The number of hydrogen-bond acceptors (Lipinski definition) is 10. The zero-order valence-corrected chi connectivity index (χ0v) is 18.6. The molecule has 1 saturated heterocycles. The topological polar surface area (TPSA) is 148 Å². The number of aliphatic hydroxyl groups excluding tert-OH is 2. The molecule has 1 aliphatic rings. The Morgan fingerprint density at radius 2 is 1.84 bits per heavy atom. The Bertz CT molecular complexity index is 741. The molecule has 1 aromatic rings. The third kappa shape index (κ3) is 7.87. The highest BCUT2D eigenvalue weighted by Crippen LogP contribution is 2.33. The van der Waals surface area contributed by atoms with Crippen LogP contribution in [0.4, 0.5) is 10.5 Å². The number of thioether (sulfide) groups is 2. The Kier molecular flexibility index (Phi) is 10.4. The van der Waals surface area contributed by atoms with Crippen LogP contribution < -0.4 is 5.32 Å². The standard InChI is InChI=1S/C19H26N2O8S2/c1-12(29-19(25)28-11-13-2-4-14(5-3-13)21(26)27)17-15(20-18(17)24)10-16(30-8-6-22)31-9-7-23/h2-5,12,15-17,22-23H,6-11H2,1H3,(H,20,24)/t12?,15-,17-/m0/s1. The summed E-state index contributed by atoms with van der Waals surface area (Å²) in [4.78, 5) is 34.2. The summed E-state index contributed by atoms with van der Waals surface area (Å²) in [6.45, 7) is 1.60. The van der Waals surface area contributed by atoms with Gasteiger partial charge in [-0.25, -0.2) is 4.79 Å². The first-order valence-electron chi connectivity index (χ1n) is 9.67. The molecule has 0 radical (unpaired) electrons. The maximum Gasteiger partial charge on any atom is 0.508 e. The number of hydrogen-bond donors (Lipinski definition) is 3. The van der Waals surface area contributed by atoms with Crippen LogP contribution in [0, 0.1) is 16.0 Å². The first-order valence-corrected chi connectivity index (χ1v) is 11.8. The van der Waals surface area contributed by atoms with Crippen LogP contribution in [0.25, 0.3) is 0 Å². The van der Waals surface area contributed by atoms with E-state index in [2.05, 4.69) is 5.32 Å². The molecule has 0 aliphatic carbocycles. The number of rotatable bonds is 13. The van der Waals surface area contributed by atoms with Gasteiger partial charge in [0.15, 0.2) is 0 Å². The Balaban J connectivity index is 1.83. The average Bonchev–Trinajstić information content (AvgIpc) is 2.73. The van der Waals surface area contributed by atoms with Crippen molar-refractivity contribution in [2.75, 3.05) is 24.7 Å². The van der Waals surface area contributed by atoms with E-state index < -0.39 is 23.1 Å². The Morgan fingerprint density at radius 1 is 1.23 bits per heavy atom. The molecule has 12 heteroatoms. The minimum atomic E-state index is -0.926. The highest BCUT2D eigenvalue weighted by molar-refractivity contribution is 8.17. The molecule has 3 N–H and O–H groups in total. The third-order valence-corrected chi connectivity index (χ3v) is 7.37. The summed E-state index contributed by atoms with van der Waals surface area (Å²) in [6, 6.07) is 5.41. The van der Waals surface area contributed by atoms with Crippen molar-refractivity contribution >= 4 is 41.3 Å². The van der Waals surface area contributed by atoms with Crippen molar-refractivity contribution in [1.29, 1.82) is 0 Å². The van der Waals surface area contributed by atoms with Gasteiger partial charge in [-0.3, -0.25) is 14.9 Å². The molecule has 0 saturated carbocycles. The van der Waals surface area contributed by atoms with E-state index in [1.807, 2.05) is 0 Å². The number of carbonyl (C=O) groups excluding carboxylic acids is 2. The van der Waals surface area contributed by atoms with Gasteiger partial charge in [0.25, 0.3) is 5.69 Å². The maximum absolute atomic E-state index is 12.0. The monoisotopic (exact) mass is 474 g/mol. The van der Waals surface area contributed by atoms with E-state index in [1.165, 1.54) is 24.3 Å². The third-order valence-electron chi connectivity index (χ3n) is 4.59. The molecule has 1 aliphatic heterocycles. The van der Waals surface area contributed by atoms with Gasteiger partial charge in [-0.15, -0.1) is 23.5 Å². The second-order valence-electron chi connectivity index (χ2n) is 6.78. The number of nitrogens with one attached hydrogen (secondary N) is 1. The predicted octanol–water partition coefficient (Wildman–Crippen LogP) is 1.92. The highest BCUT2D eigenvalue weighted by atomic mass is 32.2. The lowest BCUT2D eigenvalue weighted by Gasteiger charge is -2.41. The fourth-order valence-electron chi connectivity index (χ4n) is 3.08. The van der Waals surface area contributed by atoms with Crippen molar-refractivity contribution in [2.24, 2.45) is 5.92 Å². The highest BCUT2D eigenvalue weighted by Gasteiger charge is 2.45. The van der Waals surface area contributed by atoms with Crippen LogP contribution in [0.15, 0.2) is 24.3 Å². The number of nitro benzene ring substituents is 1. The van der Waals surface area contributed by atoms with Crippen molar-refractivity contribution in [3.8, 4) is 0 Å². The van der Waals surface area contributed by atoms with E-state index in [0.29, 0.717) is 23.5 Å². The van der Waals surface area contributed by atoms with Crippen LogP contribution in [0.5, 0.6) is 0 Å². The van der Waals surface area contributed by atoms with E-state index in [1.54, 1.807) is 30.4 Å². The number of nitrogens with zero attached hydrogens (tertiary/aromatic N) is 1. The number of β-lactam (4-membered cyclic amide) rings is 1. The number of ether oxygens (including phenoxy) is 2. The van der Waals surface area contributed by atoms with Gasteiger partial charge < -0.3 is 25.0 Å². The van der Waals surface area contributed by atoms with Crippen LogP contribution in [-0.2, 0) is 20.9 Å². The minimum absolute atomic E-state index is 0.0431. The molecule has 10 nitrogen and oxygen atoms in total. The molecule has 1 fully saturated rings. The molecule has 0 spiro atoms. The van der Waals surface area contributed by atoms with E-state index >= 15 is 0 Å². The normalized spacial score (nSPS) is 18.8. The zero-order valence-electron chi connectivity index (χ0n) is 17.0. The minimum Gasteiger partial charge on any atom is -0.430 e. The Labute approximate surface area is 188 Å². The predicted molar refractivity (Wildman–Crippen MR) is 117 cm³/mol. The van der Waals surface area contributed by atoms with Crippen molar-refractivity contribution in [2.45, 2.75) is 36.7 Å². The molecule has 1 unspecified atom stereocenters. The summed E-state index contributed by atoms with van der Waals surface area (Å²) in [5.41, 5.74) is 0.508. The summed E-state index contributed by atoms with van der Waals surface area (Å²) in [5.74, 6) is 0.378. The van der Waals surface area contributed by atoms with Crippen molar-refractivity contribution in [3.05, 3.63) is 39.9 Å². The fraction of sp³-hybridized carbons (Fsp3) is 0.579. The average molecular weight is 475 g/mol. The summed E-state index contributed by atoms with van der Waals surface area (Å²) in [6.07, 6.45) is -1.02. The number of nitro groups is 1. The van der Waals surface area contributed by atoms with Gasteiger partial charge in [0, 0.05) is 29.7 Å². The van der Waals surface area contributed by atoms with Gasteiger partial charge in [0.2, 0.25) is 5.91 Å². The lowest BCUT2D eigenvalue weighted by Crippen LogP contribution is -2.63. The smallest absolute Gasteiger partial charge is 0.430 e. The summed E-state index contributed by atoms with van der Waals surface area (Å²) in [7, 11) is 0. The molecular weight excluding hydrogens is 448 g/mol. The molecule has 3 atom stereocenters. The quantitative estimate of drug-likeness (QED) is 0.127. The van der Waals surface area contributed by atoms with Crippen molar-refractivity contribution < 1.29 is 34.2 Å². The molecule has 0 aromatic heterocycles. The lowest BCUT2D eigenvalue weighted by molar-refractivity contribution is -0.384. The van der Waals surface area contributed by atoms with E-state index in [9.17, 15) is 19.7 Å². The summed E-state index contributed by atoms with van der Waals surface area (Å²) < 4.78 is 10.4. The number of benzene rings is 1. The summed E-state index contributed by atoms with van der Waals surface area (Å²) >= 11 is 3.10. The van der Waals surface area contributed by atoms with Crippen LogP contribution >= 0.6 is 23.5 Å². The molecule has 2 rings (SSSR count). The molecule has 172 valence electrons. The van der Waals surface area contributed by atoms with E-state index in [-0.39, 0.29) is 42.0 Å². The fourth-order valence-corrected chi connectivity index (χ4v) is 5.46.